The number of aryl methyl sites for hydroxylation is 1. The molecule has 0 saturated carbocycles. The Balaban J connectivity index is 1.48. The topological polar surface area (TPSA) is 86.3 Å². The molecule has 0 aliphatic carbocycles. The minimum atomic E-state index is 0.696. The molecule has 0 radical (unpaired) electrons. The van der Waals surface area contributed by atoms with Crippen LogP contribution in [0.25, 0.3) is 22.4 Å². The first-order valence-electron chi connectivity index (χ1n) is 8.04. The minimum absolute atomic E-state index is 0.696. The summed E-state index contributed by atoms with van der Waals surface area (Å²) in [7, 11) is 3.85. The summed E-state index contributed by atoms with van der Waals surface area (Å²) in [6, 6.07) is 10.1. The van der Waals surface area contributed by atoms with Gasteiger partial charge in [-0.2, -0.15) is 5.10 Å². The monoisotopic (exact) mass is 334 g/mol. The zero-order valence-corrected chi connectivity index (χ0v) is 14.1. The van der Waals surface area contributed by atoms with Crippen LogP contribution in [0.4, 0.5) is 5.82 Å². The standard InChI is InChI=1S/C17H18N8/c1-24-14(22-23-16(24)12-6-4-3-5-7-12)8-9-18-15-13-10-21-25(2)17(13)20-11-19-15/h3-7,10-11H,8-9H2,1-2H3,(H,18,19,20). The van der Waals surface area contributed by atoms with Crippen LogP contribution >= 0.6 is 0 Å². The molecule has 0 fully saturated rings. The number of hydrogen-bond acceptors (Lipinski definition) is 6. The third-order valence-corrected chi connectivity index (χ3v) is 4.17. The summed E-state index contributed by atoms with van der Waals surface area (Å²) < 4.78 is 3.76. The molecular formula is C17H18N8. The molecule has 0 unspecified atom stereocenters. The minimum Gasteiger partial charge on any atom is -0.369 e. The zero-order chi connectivity index (χ0) is 17.2. The van der Waals surface area contributed by atoms with Crippen LogP contribution in [0.15, 0.2) is 42.9 Å². The van der Waals surface area contributed by atoms with Gasteiger partial charge >= 0.3 is 0 Å². The van der Waals surface area contributed by atoms with E-state index in [0.717, 1.165) is 40.5 Å². The van der Waals surface area contributed by atoms with Gasteiger partial charge in [-0.25, -0.2) is 9.97 Å². The van der Waals surface area contributed by atoms with Crippen molar-refractivity contribution in [3.63, 3.8) is 0 Å². The van der Waals surface area contributed by atoms with E-state index in [1.165, 1.54) is 0 Å². The fourth-order valence-corrected chi connectivity index (χ4v) is 2.81. The Labute approximate surface area is 144 Å². The molecule has 1 N–H and O–H groups in total. The van der Waals surface area contributed by atoms with Crippen LogP contribution in [0.3, 0.4) is 0 Å². The van der Waals surface area contributed by atoms with Gasteiger partial charge in [-0.1, -0.05) is 30.3 Å². The predicted molar refractivity (Wildman–Crippen MR) is 94.9 cm³/mol. The molecule has 8 heteroatoms. The molecule has 0 atom stereocenters. The van der Waals surface area contributed by atoms with Gasteiger partial charge in [-0.05, 0) is 0 Å². The fraction of sp³-hybridized carbons (Fsp3) is 0.235. The molecule has 0 aliphatic heterocycles. The van der Waals surface area contributed by atoms with Crippen molar-refractivity contribution in [3.05, 3.63) is 48.7 Å². The highest BCUT2D eigenvalue weighted by Crippen LogP contribution is 2.19. The van der Waals surface area contributed by atoms with Crippen LogP contribution in [-0.4, -0.2) is 41.1 Å². The van der Waals surface area contributed by atoms with Gasteiger partial charge in [0.1, 0.15) is 18.0 Å². The SMILES string of the molecule is Cn1c(CCNc2ncnc3c2cnn3C)nnc1-c1ccccc1. The van der Waals surface area contributed by atoms with Gasteiger partial charge in [0.15, 0.2) is 11.5 Å². The lowest BCUT2D eigenvalue weighted by molar-refractivity contribution is 0.784. The van der Waals surface area contributed by atoms with Gasteiger partial charge in [0.2, 0.25) is 0 Å². The maximum absolute atomic E-state index is 4.31. The van der Waals surface area contributed by atoms with Crippen molar-refractivity contribution in [2.75, 3.05) is 11.9 Å². The van der Waals surface area contributed by atoms with Gasteiger partial charge in [0, 0.05) is 32.6 Å². The Kier molecular flexibility index (Phi) is 3.85. The Morgan fingerprint density at radius 1 is 1.04 bits per heavy atom. The second-order valence-corrected chi connectivity index (χ2v) is 5.77. The van der Waals surface area contributed by atoms with Crippen LogP contribution in [0.1, 0.15) is 5.82 Å². The van der Waals surface area contributed by atoms with Crippen LogP contribution < -0.4 is 5.32 Å². The molecule has 8 nitrogen and oxygen atoms in total. The summed E-state index contributed by atoms with van der Waals surface area (Å²) in [4.78, 5) is 8.55. The maximum Gasteiger partial charge on any atom is 0.163 e. The van der Waals surface area contributed by atoms with Gasteiger partial charge < -0.3 is 9.88 Å². The third kappa shape index (κ3) is 2.82. The van der Waals surface area contributed by atoms with Crippen molar-refractivity contribution in [2.45, 2.75) is 6.42 Å². The van der Waals surface area contributed by atoms with Crippen LogP contribution in [0, 0.1) is 0 Å². The summed E-state index contributed by atoms with van der Waals surface area (Å²) >= 11 is 0. The zero-order valence-electron chi connectivity index (χ0n) is 14.1. The molecule has 3 aromatic heterocycles. The second-order valence-electron chi connectivity index (χ2n) is 5.77. The molecule has 0 spiro atoms. The van der Waals surface area contributed by atoms with Crippen molar-refractivity contribution in [2.24, 2.45) is 14.1 Å². The quantitative estimate of drug-likeness (QED) is 0.599. The summed E-state index contributed by atoms with van der Waals surface area (Å²) in [5, 5.41) is 17.1. The molecule has 0 aliphatic rings. The van der Waals surface area contributed by atoms with E-state index in [1.807, 2.05) is 49.0 Å². The molecule has 0 bridgehead atoms. The first kappa shape index (κ1) is 15.3. The second kappa shape index (κ2) is 6.31. The first-order valence-corrected chi connectivity index (χ1v) is 8.04. The number of nitrogens with one attached hydrogen (secondary N) is 1. The summed E-state index contributed by atoms with van der Waals surface area (Å²) in [6.07, 6.45) is 4.05. The van der Waals surface area contributed by atoms with Gasteiger partial charge in [0.05, 0.1) is 11.6 Å². The first-order chi connectivity index (χ1) is 12.2. The fourth-order valence-electron chi connectivity index (χ4n) is 2.81. The molecular weight excluding hydrogens is 316 g/mol. The number of hydrogen-bond donors (Lipinski definition) is 1. The molecule has 25 heavy (non-hydrogen) atoms. The predicted octanol–water partition coefficient (Wildman–Crippen LogP) is 1.81. The van der Waals surface area contributed by atoms with Crippen LogP contribution in [0.5, 0.6) is 0 Å². The number of fused-ring (bicyclic) bond motifs is 1. The summed E-state index contributed by atoms with van der Waals surface area (Å²) in [5.74, 6) is 2.57. The van der Waals surface area contributed by atoms with Crippen LogP contribution in [-0.2, 0) is 20.5 Å². The van der Waals surface area contributed by atoms with Crippen molar-refractivity contribution < 1.29 is 0 Å². The summed E-state index contributed by atoms with van der Waals surface area (Å²) in [5.41, 5.74) is 1.87. The highest BCUT2D eigenvalue weighted by Gasteiger charge is 2.11. The van der Waals surface area contributed by atoms with E-state index < -0.39 is 0 Å². The normalized spacial score (nSPS) is 11.1. The lowest BCUT2D eigenvalue weighted by Gasteiger charge is -2.07. The van der Waals surface area contributed by atoms with E-state index in [0.29, 0.717) is 6.54 Å². The average molecular weight is 334 g/mol. The molecule has 4 aromatic rings. The largest absolute Gasteiger partial charge is 0.369 e. The third-order valence-electron chi connectivity index (χ3n) is 4.17. The van der Waals surface area contributed by atoms with Gasteiger partial charge in [0.25, 0.3) is 0 Å². The Morgan fingerprint density at radius 3 is 2.72 bits per heavy atom. The smallest absolute Gasteiger partial charge is 0.163 e. The maximum atomic E-state index is 4.31. The van der Waals surface area contributed by atoms with Crippen LogP contribution in [0.2, 0.25) is 0 Å². The number of rotatable bonds is 5. The Hall–Kier alpha value is -3.29. The Morgan fingerprint density at radius 2 is 1.88 bits per heavy atom. The lowest BCUT2D eigenvalue weighted by Crippen LogP contribution is -2.10. The summed E-state index contributed by atoms with van der Waals surface area (Å²) in [6.45, 7) is 0.696. The molecule has 3 heterocycles. The number of benzene rings is 1. The average Bonchev–Trinajstić information content (AvgIpc) is 3.20. The number of aromatic nitrogens is 7. The van der Waals surface area contributed by atoms with E-state index >= 15 is 0 Å². The van der Waals surface area contributed by atoms with E-state index in [2.05, 4.69) is 30.6 Å². The van der Waals surface area contributed by atoms with Crippen molar-refractivity contribution >= 4 is 16.9 Å². The van der Waals surface area contributed by atoms with Crippen molar-refractivity contribution in [3.8, 4) is 11.4 Å². The van der Waals surface area contributed by atoms with E-state index in [4.69, 9.17) is 0 Å². The van der Waals surface area contributed by atoms with Crippen molar-refractivity contribution in [1.82, 2.24) is 34.5 Å². The molecule has 0 amide bonds. The molecule has 126 valence electrons. The highest BCUT2D eigenvalue weighted by molar-refractivity contribution is 5.85. The van der Waals surface area contributed by atoms with E-state index in [9.17, 15) is 0 Å². The van der Waals surface area contributed by atoms with Gasteiger partial charge in [-0.15, -0.1) is 10.2 Å². The molecule has 0 saturated heterocycles. The Bertz CT molecular complexity index is 1000. The molecule has 4 rings (SSSR count). The lowest BCUT2D eigenvalue weighted by atomic mass is 10.2. The van der Waals surface area contributed by atoms with Crippen molar-refractivity contribution in [1.29, 1.82) is 0 Å². The number of nitrogens with zero attached hydrogens (tertiary/aromatic N) is 7. The van der Waals surface area contributed by atoms with E-state index in [-0.39, 0.29) is 0 Å². The highest BCUT2D eigenvalue weighted by atomic mass is 15.3. The number of anilines is 1. The van der Waals surface area contributed by atoms with E-state index in [1.54, 1.807) is 17.2 Å². The molecule has 1 aromatic carbocycles. The van der Waals surface area contributed by atoms with Gasteiger partial charge in [-0.3, -0.25) is 4.68 Å².